The Labute approximate surface area is 179 Å². The second kappa shape index (κ2) is 9.31. The van der Waals surface area contributed by atoms with Gasteiger partial charge in [0.25, 0.3) is 0 Å². The van der Waals surface area contributed by atoms with Gasteiger partial charge in [-0.2, -0.15) is 0 Å². The van der Waals surface area contributed by atoms with Crippen LogP contribution in [-0.4, -0.2) is 0 Å². The number of halogens is 1. The SMILES string of the molecule is C=CC1CCC(c2ccc3cc(C#Cc4ccc(CCC)cc4)ccc3c2F)CC1. The van der Waals surface area contributed by atoms with Crippen LogP contribution in [-0.2, 0) is 6.42 Å². The second-order valence-corrected chi connectivity index (χ2v) is 8.45. The average molecular weight is 397 g/mol. The molecule has 1 aliphatic carbocycles. The van der Waals surface area contributed by atoms with Crippen molar-refractivity contribution >= 4 is 10.8 Å². The van der Waals surface area contributed by atoms with Crippen LogP contribution in [0.3, 0.4) is 0 Å². The zero-order chi connectivity index (χ0) is 20.9. The van der Waals surface area contributed by atoms with Gasteiger partial charge in [0.05, 0.1) is 0 Å². The van der Waals surface area contributed by atoms with Gasteiger partial charge in [-0.3, -0.25) is 0 Å². The molecule has 3 aromatic carbocycles. The highest BCUT2D eigenvalue weighted by atomic mass is 19.1. The predicted octanol–water partition coefficient (Wildman–Crippen LogP) is 7.79. The topological polar surface area (TPSA) is 0 Å². The molecule has 0 aliphatic heterocycles. The maximum absolute atomic E-state index is 15.3. The molecule has 1 heteroatoms. The highest BCUT2D eigenvalue weighted by Gasteiger charge is 2.23. The van der Waals surface area contributed by atoms with Gasteiger partial charge < -0.3 is 0 Å². The first-order valence-electron chi connectivity index (χ1n) is 11.1. The zero-order valence-corrected chi connectivity index (χ0v) is 17.8. The highest BCUT2D eigenvalue weighted by molar-refractivity contribution is 5.85. The third-order valence-corrected chi connectivity index (χ3v) is 6.37. The van der Waals surface area contributed by atoms with E-state index in [2.05, 4.69) is 61.8 Å². The molecular weight excluding hydrogens is 367 g/mol. The first-order chi connectivity index (χ1) is 14.7. The molecule has 0 atom stereocenters. The van der Waals surface area contributed by atoms with E-state index in [1.54, 1.807) is 0 Å². The van der Waals surface area contributed by atoms with Crippen LogP contribution in [0.1, 0.15) is 67.2 Å². The molecule has 1 aliphatic rings. The smallest absolute Gasteiger partial charge is 0.134 e. The number of allylic oxidation sites excluding steroid dienone is 1. The summed E-state index contributed by atoms with van der Waals surface area (Å²) in [5.74, 6) is 7.32. The van der Waals surface area contributed by atoms with Gasteiger partial charge in [-0.05, 0) is 84.7 Å². The number of benzene rings is 3. The summed E-state index contributed by atoms with van der Waals surface area (Å²) < 4.78 is 15.3. The molecule has 0 saturated heterocycles. The standard InChI is InChI=1S/C29H29F/c1-3-5-22-6-8-23(9-7-22)10-11-24-14-18-28-26(20-24)17-19-27(29(28)30)25-15-12-21(4-2)13-16-25/h4,6-9,14,17-21,25H,2-3,5,12-13,15-16H2,1H3. The van der Waals surface area contributed by atoms with Gasteiger partial charge in [-0.15, -0.1) is 6.58 Å². The maximum atomic E-state index is 15.3. The molecule has 0 bridgehead atoms. The summed E-state index contributed by atoms with van der Waals surface area (Å²) in [7, 11) is 0. The molecule has 0 aromatic heterocycles. The Kier molecular flexibility index (Phi) is 6.34. The summed E-state index contributed by atoms with van der Waals surface area (Å²) in [5, 5.41) is 1.62. The Morgan fingerprint density at radius 3 is 2.33 bits per heavy atom. The number of fused-ring (bicyclic) bond motifs is 1. The molecule has 0 spiro atoms. The van der Waals surface area contributed by atoms with Gasteiger partial charge in [0.15, 0.2) is 0 Å². The first-order valence-corrected chi connectivity index (χ1v) is 11.1. The Balaban J connectivity index is 1.55. The lowest BCUT2D eigenvalue weighted by atomic mass is 9.78. The Morgan fingerprint density at radius 1 is 0.933 bits per heavy atom. The molecule has 152 valence electrons. The van der Waals surface area contributed by atoms with Crippen LogP contribution in [0.2, 0.25) is 0 Å². The Hall–Kier alpha value is -2.85. The fourth-order valence-electron chi connectivity index (χ4n) is 4.56. The lowest BCUT2D eigenvalue weighted by molar-refractivity contribution is 0.369. The van der Waals surface area contributed by atoms with E-state index in [1.807, 2.05) is 24.3 Å². The van der Waals surface area contributed by atoms with Crippen molar-refractivity contribution < 1.29 is 4.39 Å². The molecule has 0 nitrogen and oxygen atoms in total. The second-order valence-electron chi connectivity index (χ2n) is 8.45. The first kappa shape index (κ1) is 20.4. The minimum Gasteiger partial charge on any atom is -0.206 e. The van der Waals surface area contributed by atoms with Crippen LogP contribution >= 0.6 is 0 Å². The molecule has 0 heterocycles. The van der Waals surface area contributed by atoms with Crippen molar-refractivity contribution in [2.24, 2.45) is 5.92 Å². The number of rotatable bonds is 4. The van der Waals surface area contributed by atoms with Crippen molar-refractivity contribution in [3.63, 3.8) is 0 Å². The third-order valence-electron chi connectivity index (χ3n) is 6.37. The quantitative estimate of drug-likeness (QED) is 0.312. The summed E-state index contributed by atoms with van der Waals surface area (Å²) in [6, 6.07) is 18.3. The van der Waals surface area contributed by atoms with Crippen LogP contribution < -0.4 is 0 Å². The minimum absolute atomic E-state index is 0.0550. The van der Waals surface area contributed by atoms with Gasteiger partial charge in [0, 0.05) is 16.5 Å². The van der Waals surface area contributed by atoms with Crippen LogP contribution in [0.4, 0.5) is 4.39 Å². The van der Waals surface area contributed by atoms with Crippen molar-refractivity contribution in [3.8, 4) is 11.8 Å². The summed E-state index contributed by atoms with van der Waals surface area (Å²) in [6.45, 7) is 6.10. The van der Waals surface area contributed by atoms with Crippen molar-refractivity contribution in [3.05, 3.63) is 95.3 Å². The van der Waals surface area contributed by atoms with E-state index < -0.39 is 0 Å². The molecule has 0 N–H and O–H groups in total. The molecular formula is C29H29F. The van der Waals surface area contributed by atoms with Gasteiger partial charge in [0.1, 0.15) is 5.82 Å². The maximum Gasteiger partial charge on any atom is 0.134 e. The van der Waals surface area contributed by atoms with Gasteiger partial charge >= 0.3 is 0 Å². The van der Waals surface area contributed by atoms with E-state index in [-0.39, 0.29) is 5.82 Å². The van der Waals surface area contributed by atoms with Crippen LogP contribution in [0.5, 0.6) is 0 Å². The minimum atomic E-state index is -0.0550. The van der Waals surface area contributed by atoms with Gasteiger partial charge in [0.2, 0.25) is 0 Å². The van der Waals surface area contributed by atoms with E-state index >= 15 is 4.39 Å². The van der Waals surface area contributed by atoms with Crippen molar-refractivity contribution in [2.75, 3.05) is 0 Å². The fraction of sp³-hybridized carbons (Fsp3) is 0.310. The van der Waals surface area contributed by atoms with Crippen molar-refractivity contribution in [1.29, 1.82) is 0 Å². The largest absolute Gasteiger partial charge is 0.206 e. The average Bonchev–Trinajstić information content (AvgIpc) is 2.79. The van der Waals surface area contributed by atoms with E-state index in [4.69, 9.17) is 0 Å². The Morgan fingerprint density at radius 2 is 1.63 bits per heavy atom. The van der Waals surface area contributed by atoms with Crippen molar-refractivity contribution in [1.82, 2.24) is 0 Å². The van der Waals surface area contributed by atoms with Crippen LogP contribution in [0.25, 0.3) is 10.8 Å². The summed E-state index contributed by atoms with van der Waals surface area (Å²) in [4.78, 5) is 0. The summed E-state index contributed by atoms with van der Waals surface area (Å²) in [5.41, 5.74) is 4.14. The number of hydrogen-bond acceptors (Lipinski definition) is 0. The third kappa shape index (κ3) is 4.49. The molecule has 1 fully saturated rings. The molecule has 0 radical (unpaired) electrons. The highest BCUT2D eigenvalue weighted by Crippen LogP contribution is 2.38. The normalized spacial score (nSPS) is 18.6. The van der Waals surface area contributed by atoms with Crippen molar-refractivity contribution in [2.45, 2.75) is 51.4 Å². The number of hydrogen-bond donors (Lipinski definition) is 0. The van der Waals surface area contributed by atoms with E-state index in [1.165, 1.54) is 5.56 Å². The Bertz CT molecular complexity index is 1090. The van der Waals surface area contributed by atoms with E-state index in [0.717, 1.165) is 60.6 Å². The summed E-state index contributed by atoms with van der Waals surface area (Å²) in [6.07, 6.45) is 8.60. The summed E-state index contributed by atoms with van der Waals surface area (Å²) >= 11 is 0. The van der Waals surface area contributed by atoms with Crippen LogP contribution in [0, 0.1) is 23.6 Å². The van der Waals surface area contributed by atoms with Gasteiger partial charge in [-0.25, -0.2) is 4.39 Å². The molecule has 0 amide bonds. The molecule has 30 heavy (non-hydrogen) atoms. The molecule has 3 aromatic rings. The molecule has 1 saturated carbocycles. The zero-order valence-electron chi connectivity index (χ0n) is 17.8. The molecule has 4 rings (SSSR count). The lowest BCUT2D eigenvalue weighted by Crippen LogP contribution is -2.12. The van der Waals surface area contributed by atoms with E-state index in [9.17, 15) is 0 Å². The van der Waals surface area contributed by atoms with E-state index in [0.29, 0.717) is 17.2 Å². The lowest BCUT2D eigenvalue weighted by Gasteiger charge is -2.27. The fourth-order valence-corrected chi connectivity index (χ4v) is 4.56. The predicted molar refractivity (Wildman–Crippen MR) is 125 cm³/mol. The van der Waals surface area contributed by atoms with Crippen LogP contribution in [0.15, 0.2) is 67.3 Å². The monoisotopic (exact) mass is 396 g/mol. The van der Waals surface area contributed by atoms with Gasteiger partial charge in [-0.1, -0.05) is 61.6 Å². The number of aryl methyl sites for hydroxylation is 1. The molecule has 0 unspecified atom stereocenters.